The van der Waals surface area contributed by atoms with Gasteiger partial charge < -0.3 is 9.64 Å². The molecule has 18 heavy (non-hydrogen) atoms. The number of rotatable bonds is 5. The number of thiazole rings is 1. The van der Waals surface area contributed by atoms with Crippen molar-refractivity contribution in [3.63, 3.8) is 0 Å². The van der Waals surface area contributed by atoms with Crippen LogP contribution in [0.4, 0.5) is 5.13 Å². The molecule has 1 aliphatic rings. The van der Waals surface area contributed by atoms with Gasteiger partial charge in [-0.15, -0.1) is 0 Å². The summed E-state index contributed by atoms with van der Waals surface area (Å²) in [5.41, 5.74) is 0.995. The Bertz CT molecular complexity index is 429. The number of hydrogen-bond donors (Lipinski definition) is 0. The third kappa shape index (κ3) is 2.72. The van der Waals surface area contributed by atoms with Gasteiger partial charge in [0, 0.05) is 26.1 Å². The summed E-state index contributed by atoms with van der Waals surface area (Å²) in [6.45, 7) is 5.76. The topological polar surface area (TPSA) is 42.4 Å². The largest absolute Gasteiger partial charge is 0.383 e. The normalized spacial score (nSPS) is 15.0. The van der Waals surface area contributed by atoms with Crippen LogP contribution in [0.25, 0.3) is 0 Å². The Morgan fingerprint density at radius 1 is 1.44 bits per heavy atom. The first kappa shape index (κ1) is 13.5. The van der Waals surface area contributed by atoms with Gasteiger partial charge in [0.05, 0.1) is 17.2 Å². The van der Waals surface area contributed by atoms with Crippen molar-refractivity contribution in [2.75, 3.05) is 25.2 Å². The second-order valence-corrected chi connectivity index (χ2v) is 5.81. The zero-order valence-corrected chi connectivity index (χ0v) is 12.0. The molecule has 100 valence electrons. The van der Waals surface area contributed by atoms with E-state index in [0.29, 0.717) is 19.1 Å². The summed E-state index contributed by atoms with van der Waals surface area (Å²) in [5.74, 6) is 0.260. The summed E-state index contributed by atoms with van der Waals surface area (Å²) in [6.07, 6.45) is 2.55. The summed E-state index contributed by atoms with van der Waals surface area (Å²) in [4.78, 5) is 19.6. The highest BCUT2D eigenvalue weighted by Crippen LogP contribution is 2.32. The van der Waals surface area contributed by atoms with Crippen LogP contribution in [0, 0.1) is 0 Å². The molecule has 0 radical (unpaired) electrons. The minimum Gasteiger partial charge on any atom is -0.383 e. The maximum absolute atomic E-state index is 11.8. The number of carbonyl (C=O) groups is 1. The lowest BCUT2D eigenvalue weighted by Gasteiger charge is -2.25. The van der Waals surface area contributed by atoms with Crippen molar-refractivity contribution in [2.24, 2.45) is 0 Å². The summed E-state index contributed by atoms with van der Waals surface area (Å²) in [7, 11) is 1.70. The van der Waals surface area contributed by atoms with Crippen LogP contribution >= 0.6 is 11.3 Å². The fourth-order valence-corrected chi connectivity index (χ4v) is 3.38. The summed E-state index contributed by atoms with van der Waals surface area (Å²) >= 11 is 1.54. The molecule has 0 saturated heterocycles. The zero-order chi connectivity index (χ0) is 13.1. The Kier molecular flexibility index (Phi) is 4.35. The number of aromatic nitrogens is 1. The van der Waals surface area contributed by atoms with Crippen molar-refractivity contribution >= 4 is 22.3 Å². The van der Waals surface area contributed by atoms with Crippen molar-refractivity contribution < 1.29 is 9.53 Å². The van der Waals surface area contributed by atoms with Gasteiger partial charge in [-0.1, -0.05) is 11.3 Å². The molecule has 2 rings (SSSR count). The number of fused-ring (bicyclic) bond motifs is 1. The third-order valence-electron chi connectivity index (χ3n) is 3.16. The lowest BCUT2D eigenvalue weighted by Crippen LogP contribution is -2.33. The van der Waals surface area contributed by atoms with Crippen LogP contribution in [0.15, 0.2) is 0 Å². The maximum atomic E-state index is 11.8. The number of carbonyl (C=O) groups excluding carboxylic acids is 1. The predicted octanol–water partition coefficient (Wildman–Crippen LogP) is 2.52. The van der Waals surface area contributed by atoms with Crippen molar-refractivity contribution in [2.45, 2.75) is 39.2 Å². The maximum Gasteiger partial charge on any atom is 0.186 e. The Balaban J connectivity index is 2.23. The molecule has 0 aromatic carbocycles. The number of methoxy groups -OCH3 is 1. The fourth-order valence-electron chi connectivity index (χ4n) is 2.14. The molecule has 0 spiro atoms. The van der Waals surface area contributed by atoms with Crippen molar-refractivity contribution in [1.29, 1.82) is 0 Å². The molecule has 1 aliphatic carbocycles. The van der Waals surface area contributed by atoms with Crippen LogP contribution in [-0.2, 0) is 11.2 Å². The molecular formula is C13H20N2O2S. The number of nitrogens with zero attached hydrogens (tertiary/aromatic N) is 2. The fraction of sp³-hybridized carbons (Fsp3) is 0.692. The second kappa shape index (κ2) is 5.80. The number of ether oxygens (including phenoxy) is 1. The molecule has 0 unspecified atom stereocenters. The van der Waals surface area contributed by atoms with Gasteiger partial charge in [-0.05, 0) is 26.7 Å². The van der Waals surface area contributed by atoms with E-state index >= 15 is 0 Å². The molecule has 1 aromatic heterocycles. The third-order valence-corrected chi connectivity index (χ3v) is 4.34. The minimum atomic E-state index is 0.260. The minimum absolute atomic E-state index is 0.260. The average Bonchev–Trinajstić information content (AvgIpc) is 2.74. The van der Waals surface area contributed by atoms with Crippen molar-refractivity contribution in [3.05, 3.63) is 10.6 Å². The SMILES string of the molecule is COCCN(c1nc2c(s1)C(=O)CCC2)C(C)C. The number of Topliss-reactive ketones (excluding diaryl/α,β-unsaturated/α-hetero) is 1. The Labute approximate surface area is 112 Å². The second-order valence-electron chi connectivity index (χ2n) is 4.83. The lowest BCUT2D eigenvalue weighted by atomic mass is 10.0. The van der Waals surface area contributed by atoms with Gasteiger partial charge in [0.1, 0.15) is 0 Å². The number of hydrogen-bond acceptors (Lipinski definition) is 5. The quantitative estimate of drug-likeness (QED) is 0.823. The molecule has 4 nitrogen and oxygen atoms in total. The van der Waals surface area contributed by atoms with Gasteiger partial charge in [-0.2, -0.15) is 0 Å². The zero-order valence-electron chi connectivity index (χ0n) is 11.2. The molecule has 0 fully saturated rings. The predicted molar refractivity (Wildman–Crippen MR) is 73.7 cm³/mol. The van der Waals surface area contributed by atoms with Gasteiger partial charge in [-0.25, -0.2) is 4.98 Å². The van der Waals surface area contributed by atoms with E-state index in [1.807, 2.05) is 0 Å². The average molecular weight is 268 g/mol. The van der Waals surface area contributed by atoms with E-state index < -0.39 is 0 Å². The molecular weight excluding hydrogens is 248 g/mol. The molecule has 1 heterocycles. The van der Waals surface area contributed by atoms with E-state index in [1.54, 1.807) is 18.4 Å². The lowest BCUT2D eigenvalue weighted by molar-refractivity contribution is 0.0976. The highest BCUT2D eigenvalue weighted by molar-refractivity contribution is 7.17. The van der Waals surface area contributed by atoms with Gasteiger partial charge >= 0.3 is 0 Å². The molecule has 0 bridgehead atoms. The van der Waals surface area contributed by atoms with Crippen LogP contribution < -0.4 is 4.90 Å². The molecule has 0 saturated carbocycles. The van der Waals surface area contributed by atoms with Gasteiger partial charge in [0.15, 0.2) is 10.9 Å². The molecule has 0 aliphatic heterocycles. The first-order valence-electron chi connectivity index (χ1n) is 6.42. The van der Waals surface area contributed by atoms with Crippen molar-refractivity contribution in [1.82, 2.24) is 4.98 Å². The monoisotopic (exact) mass is 268 g/mol. The van der Waals surface area contributed by atoms with Gasteiger partial charge in [0.2, 0.25) is 0 Å². The molecule has 0 atom stereocenters. The molecule has 0 amide bonds. The highest BCUT2D eigenvalue weighted by Gasteiger charge is 2.24. The summed E-state index contributed by atoms with van der Waals surface area (Å²) < 4.78 is 5.14. The van der Waals surface area contributed by atoms with Crippen LogP contribution in [0.1, 0.15) is 42.1 Å². The Hall–Kier alpha value is -0.940. The van der Waals surface area contributed by atoms with Crippen molar-refractivity contribution in [3.8, 4) is 0 Å². The van der Waals surface area contributed by atoms with Gasteiger partial charge in [0.25, 0.3) is 0 Å². The van der Waals surface area contributed by atoms with Gasteiger partial charge in [-0.3, -0.25) is 4.79 Å². The molecule has 5 heteroatoms. The van der Waals surface area contributed by atoms with E-state index in [2.05, 4.69) is 23.7 Å². The number of ketones is 1. The molecule has 0 N–H and O–H groups in total. The van der Waals surface area contributed by atoms with Crippen LogP contribution in [0.2, 0.25) is 0 Å². The Morgan fingerprint density at radius 3 is 2.83 bits per heavy atom. The Morgan fingerprint density at radius 2 is 2.22 bits per heavy atom. The van der Waals surface area contributed by atoms with E-state index in [0.717, 1.165) is 35.1 Å². The number of anilines is 1. The summed E-state index contributed by atoms with van der Waals surface area (Å²) in [5, 5.41) is 0.960. The first-order chi connectivity index (χ1) is 8.63. The van der Waals surface area contributed by atoms with Crippen LogP contribution in [0.5, 0.6) is 0 Å². The van der Waals surface area contributed by atoms with E-state index in [4.69, 9.17) is 4.74 Å². The highest BCUT2D eigenvalue weighted by atomic mass is 32.1. The first-order valence-corrected chi connectivity index (χ1v) is 7.23. The van der Waals surface area contributed by atoms with Crippen LogP contribution in [0.3, 0.4) is 0 Å². The smallest absolute Gasteiger partial charge is 0.186 e. The summed E-state index contributed by atoms with van der Waals surface area (Å²) in [6, 6.07) is 0.364. The van der Waals surface area contributed by atoms with E-state index in [1.165, 1.54) is 0 Å². The van der Waals surface area contributed by atoms with E-state index in [-0.39, 0.29) is 5.78 Å². The van der Waals surface area contributed by atoms with E-state index in [9.17, 15) is 4.79 Å². The molecule has 1 aromatic rings. The van der Waals surface area contributed by atoms with Crippen LogP contribution in [-0.4, -0.2) is 37.1 Å². The number of aryl methyl sites for hydroxylation is 1. The standard InChI is InChI=1S/C13H20N2O2S/c1-9(2)15(7-8-17-3)13-14-10-5-4-6-11(16)12(10)18-13/h9H,4-8H2,1-3H3.